The van der Waals surface area contributed by atoms with Crippen LogP contribution in [0.2, 0.25) is 0 Å². The summed E-state index contributed by atoms with van der Waals surface area (Å²) in [4.78, 5) is 20.2. The molecule has 0 saturated carbocycles. The molecule has 1 heterocycles. The molecular formula is C30H30FN3O3. The van der Waals surface area contributed by atoms with Gasteiger partial charge in [-0.3, -0.25) is 9.79 Å². The van der Waals surface area contributed by atoms with Crippen LogP contribution in [0.25, 0.3) is 33.3 Å². The second-order valence-corrected chi connectivity index (χ2v) is 8.68. The topological polar surface area (TPSA) is 83.8 Å². The molecule has 0 aliphatic heterocycles. The Kier molecular flexibility index (Phi) is 8.13. The predicted molar refractivity (Wildman–Crippen MR) is 147 cm³/mol. The Morgan fingerprint density at radius 2 is 1.95 bits per heavy atom. The zero-order chi connectivity index (χ0) is 26.4. The number of nitrogens with zero attached hydrogens (tertiary/aromatic N) is 2. The number of rotatable bonds is 10. The van der Waals surface area contributed by atoms with Gasteiger partial charge in [-0.25, -0.2) is 9.37 Å². The Labute approximate surface area is 215 Å². The molecule has 1 aromatic heterocycles. The van der Waals surface area contributed by atoms with Crippen LogP contribution in [0.15, 0.2) is 65.7 Å². The molecule has 0 radical (unpaired) electrons. The van der Waals surface area contributed by atoms with Gasteiger partial charge in [0.2, 0.25) is 0 Å². The summed E-state index contributed by atoms with van der Waals surface area (Å²) < 4.78 is 20.1. The van der Waals surface area contributed by atoms with E-state index < -0.39 is 5.97 Å². The monoisotopic (exact) mass is 499 g/mol. The van der Waals surface area contributed by atoms with Crippen molar-refractivity contribution in [2.45, 2.75) is 26.7 Å². The minimum atomic E-state index is -0.856. The van der Waals surface area contributed by atoms with E-state index in [4.69, 9.17) is 14.8 Å². The number of halogens is 1. The molecule has 6 nitrogen and oxygen atoms in total. The summed E-state index contributed by atoms with van der Waals surface area (Å²) in [6, 6.07) is 18.6. The molecule has 3 aromatic carbocycles. The number of pyridine rings is 1. The standard InChI is InChI=1S/C30H30FN3O3/c1-4-37-27-9-6-5-8-23(27)20-11-13-22(19(2)16-20)30-25(18-32-3)29(33-15-7-10-28(35)36)24-17-21(31)12-14-26(24)34-30/h5-6,8-9,11-14,16-18H,4,7,10,15H2,1-3H3,(H,33,34)(H,35,36). The van der Waals surface area contributed by atoms with Gasteiger partial charge in [-0.2, -0.15) is 0 Å². The number of carboxylic acid groups (broad SMARTS) is 1. The number of hydrogen-bond donors (Lipinski definition) is 2. The molecule has 0 bridgehead atoms. The molecule has 0 aliphatic carbocycles. The van der Waals surface area contributed by atoms with Gasteiger partial charge in [0.25, 0.3) is 0 Å². The first-order valence-electron chi connectivity index (χ1n) is 12.3. The summed E-state index contributed by atoms with van der Waals surface area (Å²) in [5.74, 6) is -0.400. The number of benzene rings is 3. The Morgan fingerprint density at radius 1 is 1.14 bits per heavy atom. The number of carbonyl (C=O) groups is 1. The van der Waals surface area contributed by atoms with Gasteiger partial charge in [-0.05, 0) is 55.7 Å². The summed E-state index contributed by atoms with van der Waals surface area (Å²) in [6.07, 6.45) is 2.18. The van der Waals surface area contributed by atoms with Crippen LogP contribution in [0.4, 0.5) is 10.1 Å². The van der Waals surface area contributed by atoms with Gasteiger partial charge >= 0.3 is 5.97 Å². The van der Waals surface area contributed by atoms with Crippen molar-refractivity contribution < 1.29 is 19.0 Å². The molecule has 0 atom stereocenters. The molecule has 0 amide bonds. The second-order valence-electron chi connectivity index (χ2n) is 8.68. The molecule has 0 aliphatic rings. The maximum Gasteiger partial charge on any atom is 0.303 e. The number of fused-ring (bicyclic) bond motifs is 1. The summed E-state index contributed by atoms with van der Waals surface area (Å²) in [5.41, 5.74) is 6.74. The number of aromatic nitrogens is 1. The minimum Gasteiger partial charge on any atom is -0.493 e. The molecular weight excluding hydrogens is 469 g/mol. The van der Waals surface area contributed by atoms with Gasteiger partial charge in [0.05, 0.1) is 23.5 Å². The van der Waals surface area contributed by atoms with Crippen molar-refractivity contribution in [1.82, 2.24) is 4.98 Å². The molecule has 0 saturated heterocycles. The first-order chi connectivity index (χ1) is 17.9. The Balaban J connectivity index is 1.85. The van der Waals surface area contributed by atoms with E-state index >= 15 is 0 Å². The second kappa shape index (κ2) is 11.6. The van der Waals surface area contributed by atoms with Gasteiger partial charge in [-0.15, -0.1) is 0 Å². The lowest BCUT2D eigenvalue weighted by Crippen LogP contribution is -2.09. The lowest BCUT2D eigenvalue weighted by atomic mass is 9.94. The minimum absolute atomic E-state index is 0.0399. The number of ether oxygens (including phenoxy) is 1. The number of anilines is 1. The van der Waals surface area contributed by atoms with Crippen molar-refractivity contribution in [2.24, 2.45) is 4.99 Å². The normalized spacial score (nSPS) is 11.2. The zero-order valence-electron chi connectivity index (χ0n) is 21.2. The number of para-hydroxylation sites is 1. The number of aliphatic carboxylic acids is 1. The molecule has 0 unspecified atom stereocenters. The van der Waals surface area contributed by atoms with Gasteiger partial charge in [-0.1, -0.05) is 36.4 Å². The van der Waals surface area contributed by atoms with Gasteiger partial charge in [0.15, 0.2) is 0 Å². The van der Waals surface area contributed by atoms with Crippen LogP contribution in [-0.4, -0.2) is 42.5 Å². The molecule has 4 aromatic rings. The van der Waals surface area contributed by atoms with Crippen LogP contribution in [0.1, 0.15) is 30.9 Å². The highest BCUT2D eigenvalue weighted by Gasteiger charge is 2.18. The highest BCUT2D eigenvalue weighted by atomic mass is 19.1. The summed E-state index contributed by atoms with van der Waals surface area (Å²) in [5, 5.41) is 13.0. The lowest BCUT2D eigenvalue weighted by Gasteiger charge is -2.18. The average Bonchev–Trinajstić information content (AvgIpc) is 2.88. The van der Waals surface area contributed by atoms with E-state index in [1.807, 2.05) is 50.2 Å². The van der Waals surface area contributed by atoms with Crippen molar-refractivity contribution in [3.05, 3.63) is 77.6 Å². The third-order valence-electron chi connectivity index (χ3n) is 6.09. The first kappa shape index (κ1) is 25.8. The highest BCUT2D eigenvalue weighted by Crippen LogP contribution is 2.37. The van der Waals surface area contributed by atoms with E-state index in [1.54, 1.807) is 19.3 Å². The van der Waals surface area contributed by atoms with Gasteiger partial charge < -0.3 is 15.2 Å². The first-order valence-corrected chi connectivity index (χ1v) is 12.3. The van der Waals surface area contributed by atoms with Crippen molar-refractivity contribution >= 4 is 28.8 Å². The van der Waals surface area contributed by atoms with E-state index in [2.05, 4.69) is 16.4 Å². The Bertz CT molecular complexity index is 1470. The van der Waals surface area contributed by atoms with Crippen LogP contribution in [0, 0.1) is 12.7 Å². The van der Waals surface area contributed by atoms with E-state index in [1.165, 1.54) is 12.1 Å². The SMILES string of the molecule is CCOc1ccccc1-c1ccc(-c2nc3ccc(F)cc3c(NCCCC(=O)O)c2C=NC)c(C)c1. The molecule has 37 heavy (non-hydrogen) atoms. The fourth-order valence-corrected chi connectivity index (χ4v) is 4.44. The smallest absolute Gasteiger partial charge is 0.303 e. The van der Waals surface area contributed by atoms with Crippen LogP contribution >= 0.6 is 0 Å². The lowest BCUT2D eigenvalue weighted by molar-refractivity contribution is -0.137. The van der Waals surface area contributed by atoms with Gasteiger partial charge in [0, 0.05) is 48.3 Å². The number of aliphatic imine (C=N–C) groups is 1. The summed E-state index contributed by atoms with van der Waals surface area (Å²) in [6.45, 7) is 4.99. The fraction of sp³-hybridized carbons (Fsp3) is 0.233. The quantitative estimate of drug-likeness (QED) is 0.186. The molecule has 0 fully saturated rings. The van der Waals surface area contributed by atoms with Crippen molar-refractivity contribution in [3.63, 3.8) is 0 Å². The largest absolute Gasteiger partial charge is 0.493 e. The Morgan fingerprint density at radius 3 is 2.68 bits per heavy atom. The molecule has 7 heteroatoms. The van der Waals surface area contributed by atoms with Crippen molar-refractivity contribution in [1.29, 1.82) is 0 Å². The maximum absolute atomic E-state index is 14.2. The highest BCUT2D eigenvalue weighted by molar-refractivity contribution is 6.06. The van der Waals surface area contributed by atoms with Crippen molar-refractivity contribution in [3.8, 4) is 28.1 Å². The molecule has 190 valence electrons. The van der Waals surface area contributed by atoms with Crippen LogP contribution in [0.5, 0.6) is 5.75 Å². The predicted octanol–water partition coefficient (Wildman–Crippen LogP) is 6.74. The maximum atomic E-state index is 14.2. The third kappa shape index (κ3) is 5.77. The van der Waals surface area contributed by atoms with E-state index in [0.29, 0.717) is 41.9 Å². The number of hydrogen-bond acceptors (Lipinski definition) is 5. The number of carboxylic acids is 1. The molecule has 4 rings (SSSR count). The van der Waals surface area contributed by atoms with Crippen molar-refractivity contribution in [2.75, 3.05) is 25.5 Å². The van der Waals surface area contributed by atoms with E-state index in [-0.39, 0.29) is 12.2 Å². The van der Waals surface area contributed by atoms with Gasteiger partial charge in [0.1, 0.15) is 11.6 Å². The van der Waals surface area contributed by atoms with Crippen LogP contribution < -0.4 is 10.1 Å². The summed E-state index contributed by atoms with van der Waals surface area (Å²) in [7, 11) is 1.67. The number of nitrogens with one attached hydrogen (secondary N) is 1. The third-order valence-corrected chi connectivity index (χ3v) is 6.09. The van der Waals surface area contributed by atoms with Crippen LogP contribution in [-0.2, 0) is 4.79 Å². The molecule has 0 spiro atoms. The summed E-state index contributed by atoms with van der Waals surface area (Å²) >= 11 is 0. The zero-order valence-corrected chi connectivity index (χ0v) is 21.2. The van der Waals surface area contributed by atoms with E-state index in [9.17, 15) is 9.18 Å². The fourth-order valence-electron chi connectivity index (χ4n) is 4.44. The van der Waals surface area contributed by atoms with E-state index in [0.717, 1.165) is 33.6 Å². The molecule has 2 N–H and O–H groups in total. The average molecular weight is 500 g/mol. The number of aryl methyl sites for hydroxylation is 1. The Hall–Kier alpha value is -4.26. The van der Waals surface area contributed by atoms with Crippen LogP contribution in [0.3, 0.4) is 0 Å².